The summed E-state index contributed by atoms with van der Waals surface area (Å²) in [6, 6.07) is 4.86. The Morgan fingerprint density at radius 1 is 1.11 bits per heavy atom. The predicted octanol–water partition coefficient (Wildman–Crippen LogP) is 3.24. The van der Waals surface area contributed by atoms with Crippen molar-refractivity contribution in [3.05, 3.63) is 35.8 Å². The lowest BCUT2D eigenvalue weighted by atomic mass is 9.96. The number of rotatable bonds is 4. The SMILES string of the molecule is Cc1cccn2c(CN3CCC(NC(=O)NC4CCCCC4)CC3)cnc12. The lowest BCUT2D eigenvalue weighted by molar-refractivity contribution is 0.183. The van der Waals surface area contributed by atoms with Crippen molar-refractivity contribution in [1.82, 2.24) is 24.9 Å². The summed E-state index contributed by atoms with van der Waals surface area (Å²) in [4.78, 5) is 19.3. The number of nitrogens with zero attached hydrogens (tertiary/aromatic N) is 3. The molecule has 2 N–H and O–H groups in total. The molecular weight excluding hydrogens is 338 g/mol. The van der Waals surface area contributed by atoms with Crippen molar-refractivity contribution in [2.75, 3.05) is 13.1 Å². The zero-order valence-electron chi connectivity index (χ0n) is 16.3. The number of carbonyl (C=O) groups excluding carboxylic acids is 1. The van der Waals surface area contributed by atoms with Crippen LogP contribution < -0.4 is 10.6 Å². The van der Waals surface area contributed by atoms with Crippen LogP contribution in [-0.2, 0) is 6.54 Å². The molecule has 2 fully saturated rings. The second-order valence-electron chi connectivity index (χ2n) is 8.14. The summed E-state index contributed by atoms with van der Waals surface area (Å²) in [5.74, 6) is 0. The molecule has 1 saturated carbocycles. The quantitative estimate of drug-likeness (QED) is 0.870. The van der Waals surface area contributed by atoms with Gasteiger partial charge in [0, 0.05) is 37.9 Å². The van der Waals surface area contributed by atoms with E-state index in [9.17, 15) is 4.79 Å². The number of fused-ring (bicyclic) bond motifs is 1. The van der Waals surface area contributed by atoms with Crippen LogP contribution in [-0.4, -0.2) is 45.5 Å². The molecule has 1 saturated heterocycles. The number of amides is 2. The minimum Gasteiger partial charge on any atom is -0.335 e. The number of urea groups is 1. The van der Waals surface area contributed by atoms with Crippen LogP contribution >= 0.6 is 0 Å². The van der Waals surface area contributed by atoms with Crippen molar-refractivity contribution in [3.63, 3.8) is 0 Å². The zero-order valence-corrected chi connectivity index (χ0v) is 16.3. The highest BCUT2D eigenvalue weighted by Crippen LogP contribution is 2.18. The van der Waals surface area contributed by atoms with E-state index in [0.29, 0.717) is 6.04 Å². The minimum atomic E-state index is 0.0256. The van der Waals surface area contributed by atoms with Gasteiger partial charge in [0.2, 0.25) is 0 Å². The van der Waals surface area contributed by atoms with Crippen molar-refractivity contribution in [2.45, 2.75) is 70.5 Å². The molecule has 0 radical (unpaired) electrons. The standard InChI is InChI=1S/C21H31N5O/c1-16-6-5-11-26-19(14-22-20(16)26)15-25-12-9-18(10-13-25)24-21(27)23-17-7-3-2-4-8-17/h5-6,11,14,17-18H,2-4,7-10,12-13,15H2,1H3,(H2,23,24,27). The van der Waals surface area contributed by atoms with Gasteiger partial charge in [0.15, 0.2) is 0 Å². The summed E-state index contributed by atoms with van der Waals surface area (Å²) in [5, 5.41) is 6.35. The Hall–Kier alpha value is -2.08. The number of aromatic nitrogens is 2. The number of likely N-dealkylation sites (tertiary alicyclic amines) is 1. The summed E-state index contributed by atoms with van der Waals surface area (Å²) in [5.41, 5.74) is 3.48. The van der Waals surface area contributed by atoms with Crippen molar-refractivity contribution in [1.29, 1.82) is 0 Å². The predicted molar refractivity (Wildman–Crippen MR) is 107 cm³/mol. The second-order valence-corrected chi connectivity index (χ2v) is 8.14. The first-order valence-corrected chi connectivity index (χ1v) is 10.4. The Labute approximate surface area is 161 Å². The molecule has 2 aliphatic rings. The van der Waals surface area contributed by atoms with Crippen LogP contribution in [0.25, 0.3) is 5.65 Å². The largest absolute Gasteiger partial charge is 0.335 e. The molecule has 2 aromatic rings. The summed E-state index contributed by atoms with van der Waals surface area (Å²) in [6.07, 6.45) is 12.2. The van der Waals surface area contributed by atoms with Gasteiger partial charge < -0.3 is 15.0 Å². The summed E-state index contributed by atoms with van der Waals surface area (Å²) in [6.45, 7) is 5.02. The Morgan fingerprint density at radius 3 is 2.56 bits per heavy atom. The molecule has 0 bridgehead atoms. The van der Waals surface area contributed by atoms with E-state index < -0.39 is 0 Å². The summed E-state index contributed by atoms with van der Waals surface area (Å²) < 4.78 is 2.19. The topological polar surface area (TPSA) is 61.7 Å². The van der Waals surface area contributed by atoms with Gasteiger partial charge in [-0.3, -0.25) is 4.90 Å². The molecule has 3 heterocycles. The van der Waals surface area contributed by atoms with E-state index in [1.807, 2.05) is 6.20 Å². The van der Waals surface area contributed by atoms with Gasteiger partial charge in [0.1, 0.15) is 5.65 Å². The fourth-order valence-electron chi connectivity index (χ4n) is 4.44. The van der Waals surface area contributed by atoms with E-state index in [2.05, 4.69) is 50.2 Å². The van der Waals surface area contributed by atoms with Crippen LogP contribution in [0.4, 0.5) is 4.79 Å². The second kappa shape index (κ2) is 8.30. The van der Waals surface area contributed by atoms with Gasteiger partial charge >= 0.3 is 6.03 Å². The fourth-order valence-corrected chi connectivity index (χ4v) is 4.44. The molecular formula is C21H31N5O. The number of pyridine rings is 1. The number of aryl methyl sites for hydroxylation is 1. The van der Waals surface area contributed by atoms with E-state index in [1.54, 1.807) is 0 Å². The molecule has 1 aliphatic heterocycles. The maximum Gasteiger partial charge on any atom is 0.315 e. The molecule has 27 heavy (non-hydrogen) atoms. The molecule has 1 aliphatic carbocycles. The highest BCUT2D eigenvalue weighted by molar-refractivity contribution is 5.74. The molecule has 2 aromatic heterocycles. The van der Waals surface area contributed by atoms with Crippen LogP contribution in [0.3, 0.4) is 0 Å². The number of hydrogen-bond donors (Lipinski definition) is 2. The lowest BCUT2D eigenvalue weighted by Crippen LogP contribution is -2.50. The number of hydrogen-bond acceptors (Lipinski definition) is 3. The van der Waals surface area contributed by atoms with E-state index >= 15 is 0 Å². The first-order valence-electron chi connectivity index (χ1n) is 10.4. The van der Waals surface area contributed by atoms with Gasteiger partial charge in [-0.25, -0.2) is 9.78 Å². The van der Waals surface area contributed by atoms with Crippen LogP contribution in [0.5, 0.6) is 0 Å². The van der Waals surface area contributed by atoms with Crippen molar-refractivity contribution in [2.24, 2.45) is 0 Å². The molecule has 0 aromatic carbocycles. The van der Waals surface area contributed by atoms with Gasteiger partial charge in [-0.1, -0.05) is 25.3 Å². The Morgan fingerprint density at radius 2 is 1.81 bits per heavy atom. The third-order valence-electron chi connectivity index (χ3n) is 6.06. The highest BCUT2D eigenvalue weighted by atomic mass is 16.2. The normalized spacial score (nSPS) is 20.0. The van der Waals surface area contributed by atoms with Gasteiger partial charge in [-0.2, -0.15) is 0 Å². The number of piperidine rings is 1. The van der Waals surface area contributed by atoms with Crippen LogP contribution in [0.1, 0.15) is 56.2 Å². The van der Waals surface area contributed by atoms with Gasteiger partial charge in [-0.05, 0) is 44.2 Å². The van der Waals surface area contributed by atoms with Crippen molar-refractivity contribution >= 4 is 11.7 Å². The Bertz CT molecular complexity index is 772. The average molecular weight is 370 g/mol. The first-order chi connectivity index (χ1) is 13.2. The molecule has 6 heteroatoms. The Balaban J connectivity index is 1.25. The monoisotopic (exact) mass is 369 g/mol. The molecule has 0 atom stereocenters. The Kier molecular flexibility index (Phi) is 5.62. The zero-order chi connectivity index (χ0) is 18.6. The fraction of sp³-hybridized carbons (Fsp3) is 0.619. The molecule has 6 nitrogen and oxygen atoms in total. The molecule has 2 amide bonds. The molecule has 4 rings (SSSR count). The van der Waals surface area contributed by atoms with E-state index in [1.165, 1.54) is 30.5 Å². The first kappa shape index (κ1) is 18.3. The molecule has 0 spiro atoms. The third kappa shape index (κ3) is 4.43. The van der Waals surface area contributed by atoms with Crippen LogP contribution in [0.15, 0.2) is 24.5 Å². The number of nitrogens with one attached hydrogen (secondary N) is 2. The van der Waals surface area contributed by atoms with Crippen molar-refractivity contribution < 1.29 is 4.79 Å². The molecule has 0 unspecified atom stereocenters. The minimum absolute atomic E-state index is 0.0256. The number of carbonyl (C=O) groups is 1. The maximum atomic E-state index is 12.2. The lowest BCUT2D eigenvalue weighted by Gasteiger charge is -2.32. The van der Waals surface area contributed by atoms with Gasteiger partial charge in [0.25, 0.3) is 0 Å². The summed E-state index contributed by atoms with van der Waals surface area (Å²) >= 11 is 0. The number of imidazole rings is 1. The average Bonchev–Trinajstić information content (AvgIpc) is 3.08. The van der Waals surface area contributed by atoms with Crippen LogP contribution in [0, 0.1) is 6.92 Å². The summed E-state index contributed by atoms with van der Waals surface area (Å²) in [7, 11) is 0. The maximum absolute atomic E-state index is 12.2. The van der Waals surface area contributed by atoms with E-state index in [0.717, 1.165) is 51.0 Å². The van der Waals surface area contributed by atoms with Gasteiger partial charge in [-0.15, -0.1) is 0 Å². The smallest absolute Gasteiger partial charge is 0.315 e. The van der Waals surface area contributed by atoms with Crippen molar-refractivity contribution in [3.8, 4) is 0 Å². The van der Waals surface area contributed by atoms with E-state index in [4.69, 9.17) is 0 Å². The van der Waals surface area contributed by atoms with E-state index in [-0.39, 0.29) is 12.1 Å². The van der Waals surface area contributed by atoms with Crippen LogP contribution in [0.2, 0.25) is 0 Å². The highest BCUT2D eigenvalue weighted by Gasteiger charge is 2.23. The third-order valence-corrected chi connectivity index (χ3v) is 6.06. The molecule has 146 valence electrons. The van der Waals surface area contributed by atoms with Gasteiger partial charge in [0.05, 0.1) is 11.9 Å².